The van der Waals surface area contributed by atoms with Gasteiger partial charge in [-0.25, -0.2) is 0 Å². The Kier molecular flexibility index (Phi) is 2.60. The minimum atomic E-state index is 0.240. The molecule has 1 nitrogen and oxygen atoms in total. The Bertz CT molecular complexity index is 372. The first-order chi connectivity index (χ1) is 7.74. The maximum absolute atomic E-state index is 9.68. The van der Waals surface area contributed by atoms with Crippen LogP contribution in [0.2, 0.25) is 0 Å². The van der Waals surface area contributed by atoms with Crippen LogP contribution >= 0.6 is 11.3 Å². The molecule has 3 rings (SSSR count). The SMILES string of the molecule is CCc1ccc(CC2(CO)CC3CC3C2)s1. The van der Waals surface area contributed by atoms with Gasteiger partial charge in [0.2, 0.25) is 0 Å². The van der Waals surface area contributed by atoms with Crippen molar-refractivity contribution in [3.63, 3.8) is 0 Å². The van der Waals surface area contributed by atoms with Crippen molar-refractivity contribution in [2.75, 3.05) is 6.61 Å². The lowest BCUT2D eigenvalue weighted by Crippen LogP contribution is -2.25. The van der Waals surface area contributed by atoms with Gasteiger partial charge in [-0.2, -0.15) is 0 Å². The second-order valence-electron chi connectivity index (χ2n) is 5.72. The van der Waals surface area contributed by atoms with Gasteiger partial charge in [0, 0.05) is 16.4 Å². The first-order valence-electron chi connectivity index (χ1n) is 6.43. The number of thiophene rings is 1. The summed E-state index contributed by atoms with van der Waals surface area (Å²) in [7, 11) is 0. The molecule has 2 unspecified atom stereocenters. The van der Waals surface area contributed by atoms with E-state index in [1.165, 1.54) is 29.0 Å². The molecule has 0 amide bonds. The summed E-state index contributed by atoms with van der Waals surface area (Å²) in [5.41, 5.74) is 0.240. The molecule has 2 saturated carbocycles. The summed E-state index contributed by atoms with van der Waals surface area (Å²) in [6.07, 6.45) is 6.23. The van der Waals surface area contributed by atoms with Gasteiger partial charge < -0.3 is 5.11 Å². The zero-order valence-electron chi connectivity index (χ0n) is 9.91. The third kappa shape index (κ3) is 1.82. The smallest absolute Gasteiger partial charge is 0.0491 e. The molecular formula is C14H20OS. The van der Waals surface area contributed by atoms with E-state index in [9.17, 15) is 5.11 Å². The van der Waals surface area contributed by atoms with Crippen molar-refractivity contribution in [2.45, 2.75) is 39.0 Å². The molecule has 2 atom stereocenters. The molecule has 2 fully saturated rings. The Morgan fingerprint density at radius 3 is 2.56 bits per heavy atom. The van der Waals surface area contributed by atoms with Gasteiger partial charge in [0.15, 0.2) is 0 Å². The summed E-state index contributed by atoms with van der Waals surface area (Å²) < 4.78 is 0. The van der Waals surface area contributed by atoms with Gasteiger partial charge in [-0.3, -0.25) is 0 Å². The third-order valence-corrected chi connectivity index (χ3v) is 5.64. The molecule has 0 saturated heterocycles. The van der Waals surface area contributed by atoms with E-state index in [0.29, 0.717) is 6.61 Å². The van der Waals surface area contributed by atoms with E-state index in [4.69, 9.17) is 0 Å². The Labute approximate surface area is 102 Å². The number of aliphatic hydroxyl groups excluding tert-OH is 1. The number of rotatable bonds is 4. The average Bonchev–Trinajstić information content (AvgIpc) is 2.76. The predicted molar refractivity (Wildman–Crippen MR) is 67.8 cm³/mol. The lowest BCUT2D eigenvalue weighted by molar-refractivity contribution is 0.118. The molecule has 2 heteroatoms. The molecule has 0 spiro atoms. The summed E-state index contributed by atoms with van der Waals surface area (Å²) in [6, 6.07) is 4.52. The molecule has 1 aromatic rings. The van der Waals surface area contributed by atoms with Crippen LogP contribution < -0.4 is 0 Å². The normalized spacial score (nSPS) is 36.4. The van der Waals surface area contributed by atoms with Crippen molar-refractivity contribution in [2.24, 2.45) is 17.3 Å². The van der Waals surface area contributed by atoms with Gasteiger partial charge in [0.05, 0.1) is 0 Å². The van der Waals surface area contributed by atoms with E-state index in [1.54, 1.807) is 0 Å². The van der Waals surface area contributed by atoms with Crippen LogP contribution in [-0.4, -0.2) is 11.7 Å². The van der Waals surface area contributed by atoms with Crippen LogP contribution in [0, 0.1) is 17.3 Å². The van der Waals surface area contributed by atoms with E-state index in [2.05, 4.69) is 19.1 Å². The lowest BCUT2D eigenvalue weighted by atomic mass is 9.80. The van der Waals surface area contributed by atoms with Crippen molar-refractivity contribution in [1.82, 2.24) is 0 Å². The number of hydrogen-bond donors (Lipinski definition) is 1. The quantitative estimate of drug-likeness (QED) is 0.850. The summed E-state index contributed by atoms with van der Waals surface area (Å²) >= 11 is 1.94. The van der Waals surface area contributed by atoms with Crippen LogP contribution in [0.4, 0.5) is 0 Å². The van der Waals surface area contributed by atoms with Gasteiger partial charge >= 0.3 is 0 Å². The van der Waals surface area contributed by atoms with Gasteiger partial charge in [0.1, 0.15) is 0 Å². The fourth-order valence-corrected chi connectivity index (χ4v) is 4.54. The molecule has 0 bridgehead atoms. The highest BCUT2D eigenvalue weighted by Gasteiger charge is 2.53. The highest BCUT2D eigenvalue weighted by molar-refractivity contribution is 7.11. The highest BCUT2D eigenvalue weighted by atomic mass is 32.1. The second kappa shape index (κ2) is 3.85. The molecule has 0 aromatic carbocycles. The Morgan fingerprint density at radius 1 is 1.31 bits per heavy atom. The fourth-order valence-electron chi connectivity index (χ4n) is 3.41. The molecule has 1 aromatic heterocycles. The summed E-state index contributed by atoms with van der Waals surface area (Å²) in [6.45, 7) is 2.60. The molecule has 88 valence electrons. The van der Waals surface area contributed by atoms with Crippen molar-refractivity contribution in [3.05, 3.63) is 21.9 Å². The molecule has 0 radical (unpaired) electrons. The number of hydrogen-bond acceptors (Lipinski definition) is 2. The van der Waals surface area contributed by atoms with Crippen molar-refractivity contribution < 1.29 is 5.11 Å². The van der Waals surface area contributed by atoms with Crippen molar-refractivity contribution in [3.8, 4) is 0 Å². The number of aliphatic hydroxyl groups is 1. The average molecular weight is 236 g/mol. The number of fused-ring (bicyclic) bond motifs is 1. The van der Waals surface area contributed by atoms with Gasteiger partial charge in [-0.05, 0) is 61.5 Å². The highest BCUT2D eigenvalue weighted by Crippen LogP contribution is 2.60. The van der Waals surface area contributed by atoms with Crippen LogP contribution in [0.5, 0.6) is 0 Å². The van der Waals surface area contributed by atoms with Crippen molar-refractivity contribution in [1.29, 1.82) is 0 Å². The zero-order chi connectivity index (χ0) is 11.2. The Balaban J connectivity index is 1.72. The standard InChI is InChI=1S/C14H20OS/c1-2-12-3-4-13(16-12)8-14(9-15)6-10-5-11(10)7-14/h3-4,10-11,15H,2,5-9H2,1H3. The molecule has 1 N–H and O–H groups in total. The van der Waals surface area contributed by atoms with Crippen molar-refractivity contribution >= 4 is 11.3 Å². The van der Waals surface area contributed by atoms with E-state index >= 15 is 0 Å². The maximum atomic E-state index is 9.68. The molecule has 2 aliphatic carbocycles. The zero-order valence-corrected chi connectivity index (χ0v) is 10.7. The maximum Gasteiger partial charge on any atom is 0.0491 e. The summed E-state index contributed by atoms with van der Waals surface area (Å²) in [5.74, 6) is 1.91. The largest absolute Gasteiger partial charge is 0.396 e. The summed E-state index contributed by atoms with van der Waals surface area (Å²) in [4.78, 5) is 2.96. The van der Waals surface area contributed by atoms with E-state index in [1.807, 2.05) is 11.3 Å². The Morgan fingerprint density at radius 2 is 2.00 bits per heavy atom. The topological polar surface area (TPSA) is 20.2 Å². The van der Waals surface area contributed by atoms with E-state index in [0.717, 1.165) is 24.7 Å². The third-order valence-electron chi connectivity index (χ3n) is 4.41. The minimum absolute atomic E-state index is 0.240. The summed E-state index contributed by atoms with van der Waals surface area (Å²) in [5, 5.41) is 9.68. The second-order valence-corrected chi connectivity index (χ2v) is 6.97. The minimum Gasteiger partial charge on any atom is -0.396 e. The fraction of sp³-hybridized carbons (Fsp3) is 0.714. The van der Waals surface area contributed by atoms with Crippen LogP contribution in [0.3, 0.4) is 0 Å². The van der Waals surface area contributed by atoms with Gasteiger partial charge in [-0.15, -0.1) is 11.3 Å². The van der Waals surface area contributed by atoms with Gasteiger partial charge in [0.25, 0.3) is 0 Å². The predicted octanol–water partition coefficient (Wildman–Crippen LogP) is 3.26. The first kappa shape index (κ1) is 10.8. The molecule has 16 heavy (non-hydrogen) atoms. The van der Waals surface area contributed by atoms with Gasteiger partial charge in [-0.1, -0.05) is 6.92 Å². The van der Waals surface area contributed by atoms with E-state index in [-0.39, 0.29) is 5.41 Å². The Hall–Kier alpha value is -0.340. The first-order valence-corrected chi connectivity index (χ1v) is 7.25. The van der Waals surface area contributed by atoms with Crippen LogP contribution in [-0.2, 0) is 12.8 Å². The molecule has 2 aliphatic rings. The molecule has 1 heterocycles. The van der Waals surface area contributed by atoms with Crippen LogP contribution in [0.15, 0.2) is 12.1 Å². The molecule has 0 aliphatic heterocycles. The van der Waals surface area contributed by atoms with Crippen LogP contribution in [0.25, 0.3) is 0 Å². The lowest BCUT2D eigenvalue weighted by Gasteiger charge is -2.27. The van der Waals surface area contributed by atoms with E-state index < -0.39 is 0 Å². The van der Waals surface area contributed by atoms with Crippen LogP contribution in [0.1, 0.15) is 35.9 Å². The molecular weight excluding hydrogens is 216 g/mol. The monoisotopic (exact) mass is 236 g/mol. The number of aryl methyl sites for hydroxylation is 1.